The van der Waals surface area contributed by atoms with Crippen molar-refractivity contribution >= 4 is 41.1 Å². The Hall–Kier alpha value is -3.99. The van der Waals surface area contributed by atoms with Gasteiger partial charge in [-0.15, -0.1) is 0 Å². The summed E-state index contributed by atoms with van der Waals surface area (Å²) in [5, 5.41) is 10.6. The molecule has 0 spiro atoms. The Kier molecular flexibility index (Phi) is 12.7. The summed E-state index contributed by atoms with van der Waals surface area (Å²) in [5.41, 5.74) is 1.66. The molecule has 0 heterocycles. The molecule has 204 valence electrons. The van der Waals surface area contributed by atoms with Gasteiger partial charge in [-0.1, -0.05) is 86.7 Å². The number of methoxy groups -OCH3 is 1. The predicted octanol–water partition coefficient (Wildman–Crippen LogP) is 1.87. The largest absolute Gasteiger partial charge is 0.467 e. The summed E-state index contributed by atoms with van der Waals surface area (Å²) in [5.74, 6) is -1.62. The van der Waals surface area contributed by atoms with Gasteiger partial charge in [-0.2, -0.15) is 0 Å². The monoisotopic (exact) mass is 542 g/mol. The molecule has 4 N–H and O–H groups in total. The topological polar surface area (TPSA) is 135 Å². The van der Waals surface area contributed by atoms with Crippen LogP contribution in [0.1, 0.15) is 25.0 Å². The third-order valence-electron chi connectivity index (χ3n) is 5.41. The van der Waals surface area contributed by atoms with E-state index in [4.69, 9.17) is 21.7 Å². The fourth-order valence-electron chi connectivity index (χ4n) is 3.35. The highest BCUT2D eigenvalue weighted by molar-refractivity contribution is 7.80. The first-order valence-corrected chi connectivity index (χ1v) is 12.5. The second kappa shape index (κ2) is 16.0. The van der Waals surface area contributed by atoms with E-state index in [2.05, 4.69) is 21.3 Å². The minimum absolute atomic E-state index is 0.0575. The van der Waals surface area contributed by atoms with Gasteiger partial charge in [0.05, 0.1) is 25.2 Å². The summed E-state index contributed by atoms with van der Waals surface area (Å²) in [6.45, 7) is 3.39. The van der Waals surface area contributed by atoms with E-state index in [0.717, 1.165) is 11.1 Å². The number of ether oxygens (including phenoxy) is 2. The van der Waals surface area contributed by atoms with Crippen LogP contribution >= 0.6 is 12.2 Å². The minimum Gasteiger partial charge on any atom is -0.467 e. The Morgan fingerprint density at radius 2 is 1.45 bits per heavy atom. The van der Waals surface area contributed by atoms with Crippen LogP contribution in [0.15, 0.2) is 60.7 Å². The van der Waals surface area contributed by atoms with Gasteiger partial charge in [-0.3, -0.25) is 9.59 Å². The third kappa shape index (κ3) is 11.0. The van der Waals surface area contributed by atoms with E-state index in [1.807, 2.05) is 60.7 Å². The van der Waals surface area contributed by atoms with Crippen molar-refractivity contribution in [1.82, 2.24) is 21.3 Å². The van der Waals surface area contributed by atoms with E-state index in [1.165, 1.54) is 7.11 Å². The average Bonchev–Trinajstić information content (AvgIpc) is 2.92. The maximum atomic E-state index is 12.9. The number of carbonyl (C=O) groups excluding carboxylic acids is 4. The second-order valence-electron chi connectivity index (χ2n) is 8.76. The summed E-state index contributed by atoms with van der Waals surface area (Å²) in [4.78, 5) is 49.6. The van der Waals surface area contributed by atoms with Crippen molar-refractivity contribution < 1.29 is 28.7 Å². The zero-order valence-electron chi connectivity index (χ0n) is 21.7. The summed E-state index contributed by atoms with van der Waals surface area (Å²) in [6, 6.07) is 16.7. The standard InChI is InChI=1S/C27H34N4O6S/c1-18(2)24(26(34)36-3)31-22(32)15-28-23(38)16-29-25(33)21(14-19-10-6-4-7-11-19)30-27(35)37-17-20-12-8-5-9-13-20/h4-13,18,21,24H,14-17H2,1-3H3,(H,28,38)(H,29,33)(H,30,35)(H,31,32)/t21-,24-/m0/s1. The first kappa shape index (κ1) is 30.2. The number of alkyl carbamates (subject to hydrolysis) is 1. The van der Waals surface area contributed by atoms with Crippen LogP contribution in [0.3, 0.4) is 0 Å². The Bertz CT molecular complexity index is 1080. The van der Waals surface area contributed by atoms with Crippen LogP contribution in [0.25, 0.3) is 0 Å². The number of carbonyl (C=O) groups is 4. The molecule has 0 saturated heterocycles. The molecule has 0 radical (unpaired) electrons. The van der Waals surface area contributed by atoms with Gasteiger partial charge in [-0.25, -0.2) is 9.59 Å². The van der Waals surface area contributed by atoms with Crippen molar-refractivity contribution in [2.45, 2.75) is 39.0 Å². The molecule has 2 aromatic carbocycles. The first-order valence-electron chi connectivity index (χ1n) is 12.1. The predicted molar refractivity (Wildman–Crippen MR) is 146 cm³/mol. The van der Waals surface area contributed by atoms with Crippen LogP contribution in [-0.4, -0.2) is 61.1 Å². The number of benzene rings is 2. The van der Waals surface area contributed by atoms with Gasteiger partial charge in [0.25, 0.3) is 0 Å². The van der Waals surface area contributed by atoms with Crippen molar-refractivity contribution in [2.24, 2.45) is 5.92 Å². The van der Waals surface area contributed by atoms with Crippen LogP contribution in [0, 0.1) is 5.92 Å². The summed E-state index contributed by atoms with van der Waals surface area (Å²) in [6.07, 6.45) is -0.493. The van der Waals surface area contributed by atoms with Crippen molar-refractivity contribution in [1.29, 1.82) is 0 Å². The quantitative estimate of drug-likeness (QED) is 0.223. The van der Waals surface area contributed by atoms with E-state index >= 15 is 0 Å². The Morgan fingerprint density at radius 3 is 2.03 bits per heavy atom. The number of hydrogen-bond donors (Lipinski definition) is 4. The molecule has 0 aliphatic heterocycles. The first-order chi connectivity index (χ1) is 18.2. The molecular formula is C27H34N4O6S. The van der Waals surface area contributed by atoms with Crippen molar-refractivity contribution in [3.8, 4) is 0 Å². The zero-order valence-corrected chi connectivity index (χ0v) is 22.5. The van der Waals surface area contributed by atoms with E-state index in [0.29, 0.717) is 0 Å². The number of amides is 3. The third-order valence-corrected chi connectivity index (χ3v) is 5.70. The zero-order chi connectivity index (χ0) is 27.9. The van der Waals surface area contributed by atoms with Gasteiger partial charge in [0.2, 0.25) is 11.8 Å². The molecule has 0 bridgehead atoms. The van der Waals surface area contributed by atoms with Crippen LogP contribution in [0.4, 0.5) is 4.79 Å². The average molecular weight is 543 g/mol. The fraction of sp³-hybridized carbons (Fsp3) is 0.370. The summed E-state index contributed by atoms with van der Waals surface area (Å²) in [7, 11) is 1.25. The molecule has 2 atom stereocenters. The maximum Gasteiger partial charge on any atom is 0.408 e. The maximum absolute atomic E-state index is 12.9. The van der Waals surface area contributed by atoms with Gasteiger partial charge in [0.1, 0.15) is 18.7 Å². The Morgan fingerprint density at radius 1 is 0.842 bits per heavy atom. The number of thiocarbonyl (C=S) groups is 1. The highest BCUT2D eigenvalue weighted by atomic mass is 32.1. The molecule has 2 rings (SSSR count). The molecule has 0 aliphatic rings. The second-order valence-corrected chi connectivity index (χ2v) is 9.25. The smallest absolute Gasteiger partial charge is 0.408 e. The Labute approximate surface area is 227 Å². The molecular weight excluding hydrogens is 508 g/mol. The van der Waals surface area contributed by atoms with Gasteiger partial charge in [0, 0.05) is 6.42 Å². The van der Waals surface area contributed by atoms with E-state index in [-0.39, 0.29) is 37.0 Å². The lowest BCUT2D eigenvalue weighted by atomic mass is 10.0. The number of rotatable bonds is 13. The molecule has 3 amide bonds. The summed E-state index contributed by atoms with van der Waals surface area (Å²) >= 11 is 5.22. The molecule has 38 heavy (non-hydrogen) atoms. The molecule has 0 aliphatic carbocycles. The minimum atomic E-state index is -0.918. The summed E-state index contributed by atoms with van der Waals surface area (Å²) < 4.78 is 9.97. The van der Waals surface area contributed by atoms with Crippen LogP contribution < -0.4 is 21.3 Å². The highest BCUT2D eigenvalue weighted by Gasteiger charge is 2.25. The number of hydrogen-bond acceptors (Lipinski definition) is 7. The van der Waals surface area contributed by atoms with E-state index < -0.39 is 36.0 Å². The van der Waals surface area contributed by atoms with E-state index in [1.54, 1.807) is 13.8 Å². The van der Waals surface area contributed by atoms with Gasteiger partial charge < -0.3 is 30.7 Å². The number of nitrogens with one attached hydrogen (secondary N) is 4. The van der Waals surface area contributed by atoms with Gasteiger partial charge >= 0.3 is 12.1 Å². The normalized spacial score (nSPS) is 12.0. The molecule has 0 aromatic heterocycles. The highest BCUT2D eigenvalue weighted by Crippen LogP contribution is 2.06. The molecule has 2 aromatic rings. The molecule has 0 fully saturated rings. The fourth-order valence-corrected chi connectivity index (χ4v) is 3.49. The van der Waals surface area contributed by atoms with Crippen molar-refractivity contribution in [3.05, 3.63) is 71.8 Å². The molecule has 0 unspecified atom stereocenters. The van der Waals surface area contributed by atoms with Crippen LogP contribution in [0.5, 0.6) is 0 Å². The van der Waals surface area contributed by atoms with Crippen LogP contribution in [-0.2, 0) is 36.9 Å². The van der Waals surface area contributed by atoms with Crippen molar-refractivity contribution in [2.75, 3.05) is 20.2 Å². The Balaban J connectivity index is 1.88. The van der Waals surface area contributed by atoms with Crippen LogP contribution in [0.2, 0.25) is 0 Å². The van der Waals surface area contributed by atoms with Gasteiger partial charge in [-0.05, 0) is 17.0 Å². The molecule has 10 nitrogen and oxygen atoms in total. The molecule has 0 saturated carbocycles. The number of esters is 1. The SMILES string of the molecule is COC(=O)[C@@H](NC(=O)CNC(=S)CNC(=O)[C@H](Cc1ccccc1)NC(=O)OCc1ccccc1)C(C)C. The lowest BCUT2D eigenvalue weighted by Crippen LogP contribution is -2.51. The van der Waals surface area contributed by atoms with Gasteiger partial charge in [0.15, 0.2) is 0 Å². The van der Waals surface area contributed by atoms with Crippen molar-refractivity contribution in [3.63, 3.8) is 0 Å². The molecule has 11 heteroatoms. The van der Waals surface area contributed by atoms with E-state index in [9.17, 15) is 19.2 Å². The lowest BCUT2D eigenvalue weighted by molar-refractivity contribution is -0.146. The lowest BCUT2D eigenvalue weighted by Gasteiger charge is -2.20.